The van der Waals surface area contributed by atoms with E-state index in [0.717, 1.165) is 48.6 Å². The van der Waals surface area contributed by atoms with Crippen molar-refractivity contribution in [2.45, 2.75) is 19.4 Å². The number of carbonyl (C=O) groups is 1. The highest BCUT2D eigenvalue weighted by atomic mass is 16.5. The molecular formula is C34H34N6O3. The van der Waals surface area contributed by atoms with Crippen LogP contribution in [-0.2, 0) is 6.61 Å². The summed E-state index contributed by atoms with van der Waals surface area (Å²) in [4.78, 5) is 24.8. The van der Waals surface area contributed by atoms with Gasteiger partial charge in [-0.15, -0.1) is 0 Å². The summed E-state index contributed by atoms with van der Waals surface area (Å²) in [6, 6.07) is 27.2. The highest BCUT2D eigenvalue weighted by Crippen LogP contribution is 2.26. The third-order valence-electron chi connectivity index (χ3n) is 7.63. The number of carbonyl (C=O) groups excluding carboxylic acids is 1. The summed E-state index contributed by atoms with van der Waals surface area (Å²) >= 11 is 0. The zero-order chi connectivity index (χ0) is 29.4. The van der Waals surface area contributed by atoms with Gasteiger partial charge in [0.05, 0.1) is 12.8 Å². The van der Waals surface area contributed by atoms with Crippen molar-refractivity contribution < 1.29 is 14.3 Å². The van der Waals surface area contributed by atoms with Gasteiger partial charge < -0.3 is 19.7 Å². The Morgan fingerprint density at radius 3 is 2.56 bits per heavy atom. The summed E-state index contributed by atoms with van der Waals surface area (Å²) in [5.41, 5.74) is 3.48. The van der Waals surface area contributed by atoms with Crippen molar-refractivity contribution in [2.24, 2.45) is 5.92 Å². The van der Waals surface area contributed by atoms with Gasteiger partial charge in [0, 0.05) is 55.4 Å². The van der Waals surface area contributed by atoms with Crippen LogP contribution in [0.5, 0.6) is 11.5 Å². The van der Waals surface area contributed by atoms with E-state index in [1.165, 1.54) is 0 Å². The minimum atomic E-state index is -0.135. The first-order chi connectivity index (χ1) is 21.1. The first-order valence-electron chi connectivity index (χ1n) is 14.5. The van der Waals surface area contributed by atoms with Crippen LogP contribution < -0.4 is 19.7 Å². The number of methoxy groups -OCH3 is 1. The molecule has 0 spiro atoms. The maximum atomic E-state index is 13.1. The van der Waals surface area contributed by atoms with Gasteiger partial charge in [-0.25, -0.2) is 14.6 Å². The summed E-state index contributed by atoms with van der Waals surface area (Å²) in [6.45, 7) is 2.75. The van der Waals surface area contributed by atoms with Gasteiger partial charge in [-0.2, -0.15) is 5.10 Å². The number of benzene rings is 3. The molecule has 9 heteroatoms. The van der Waals surface area contributed by atoms with Gasteiger partial charge in [-0.3, -0.25) is 4.79 Å². The summed E-state index contributed by atoms with van der Waals surface area (Å²) in [6.07, 6.45) is 7.40. The first-order valence-corrected chi connectivity index (χ1v) is 14.5. The van der Waals surface area contributed by atoms with Gasteiger partial charge in [0.2, 0.25) is 0 Å². The quantitative estimate of drug-likeness (QED) is 0.233. The van der Waals surface area contributed by atoms with Crippen molar-refractivity contribution in [3.05, 3.63) is 115 Å². The molecule has 1 N–H and O–H groups in total. The van der Waals surface area contributed by atoms with E-state index in [4.69, 9.17) is 14.5 Å². The Kier molecular flexibility index (Phi) is 8.59. The van der Waals surface area contributed by atoms with Crippen LogP contribution in [0.3, 0.4) is 0 Å². The van der Waals surface area contributed by atoms with Crippen molar-refractivity contribution >= 4 is 11.7 Å². The Bertz CT molecular complexity index is 1650. The smallest absolute Gasteiger partial charge is 0.251 e. The molecule has 1 aliphatic heterocycles. The topological polar surface area (TPSA) is 94.4 Å². The van der Waals surface area contributed by atoms with Crippen LogP contribution in [0, 0.1) is 5.92 Å². The zero-order valence-electron chi connectivity index (χ0n) is 24.1. The molecule has 0 aliphatic carbocycles. The highest BCUT2D eigenvalue weighted by molar-refractivity contribution is 5.95. The van der Waals surface area contributed by atoms with Crippen LogP contribution in [0.2, 0.25) is 0 Å². The van der Waals surface area contributed by atoms with Crippen molar-refractivity contribution in [3.8, 4) is 28.6 Å². The number of rotatable bonds is 10. The van der Waals surface area contributed by atoms with Crippen LogP contribution in [-0.4, -0.2) is 52.4 Å². The minimum Gasteiger partial charge on any atom is -0.497 e. The largest absolute Gasteiger partial charge is 0.497 e. The molecular weight excluding hydrogens is 540 g/mol. The lowest BCUT2D eigenvalue weighted by molar-refractivity contribution is 0.0944. The third-order valence-corrected chi connectivity index (χ3v) is 7.63. The lowest BCUT2D eigenvalue weighted by Gasteiger charge is -2.33. The fraction of sp³-hybridized carbons (Fsp3) is 0.235. The molecule has 1 fully saturated rings. The molecule has 0 saturated carbocycles. The normalized spacial score (nSPS) is 13.5. The number of ether oxygens (including phenoxy) is 2. The molecule has 0 radical (unpaired) electrons. The fourth-order valence-electron chi connectivity index (χ4n) is 5.22. The Morgan fingerprint density at radius 1 is 0.930 bits per heavy atom. The molecule has 0 atom stereocenters. The summed E-state index contributed by atoms with van der Waals surface area (Å²) in [5, 5.41) is 7.44. The van der Waals surface area contributed by atoms with Crippen molar-refractivity contribution in [2.75, 3.05) is 31.6 Å². The van der Waals surface area contributed by atoms with E-state index in [-0.39, 0.29) is 5.91 Å². The summed E-state index contributed by atoms with van der Waals surface area (Å²) < 4.78 is 13.2. The Labute approximate surface area is 251 Å². The Hall–Kier alpha value is -5.18. The van der Waals surface area contributed by atoms with Crippen LogP contribution in [0.15, 0.2) is 104 Å². The van der Waals surface area contributed by atoms with Gasteiger partial charge in [0.15, 0.2) is 5.82 Å². The van der Waals surface area contributed by atoms with E-state index in [0.29, 0.717) is 42.0 Å². The lowest BCUT2D eigenvalue weighted by Crippen LogP contribution is -2.39. The van der Waals surface area contributed by atoms with Crippen molar-refractivity contribution in [1.82, 2.24) is 25.1 Å². The van der Waals surface area contributed by atoms with Gasteiger partial charge in [0.1, 0.15) is 23.9 Å². The molecule has 218 valence electrons. The van der Waals surface area contributed by atoms with Crippen LogP contribution in [0.25, 0.3) is 17.1 Å². The number of aromatic nitrogens is 4. The van der Waals surface area contributed by atoms with Crippen molar-refractivity contribution in [1.29, 1.82) is 0 Å². The minimum absolute atomic E-state index is 0.135. The zero-order valence-corrected chi connectivity index (χ0v) is 24.1. The average Bonchev–Trinajstić information content (AvgIpc) is 3.62. The molecule has 2 aromatic heterocycles. The summed E-state index contributed by atoms with van der Waals surface area (Å²) in [5.74, 6) is 3.03. The fourth-order valence-corrected chi connectivity index (χ4v) is 5.22. The highest BCUT2D eigenvalue weighted by Gasteiger charge is 2.22. The molecule has 1 aliphatic rings. The number of amides is 1. The second-order valence-corrected chi connectivity index (χ2v) is 10.6. The number of hydrogen-bond donors (Lipinski definition) is 1. The Balaban J connectivity index is 1.03. The predicted octanol–water partition coefficient (Wildman–Crippen LogP) is 5.56. The van der Waals surface area contributed by atoms with Gasteiger partial charge in [0.25, 0.3) is 5.91 Å². The van der Waals surface area contributed by atoms with E-state index >= 15 is 0 Å². The number of anilines is 1. The second kappa shape index (κ2) is 13.2. The van der Waals surface area contributed by atoms with E-state index in [1.54, 1.807) is 31.5 Å². The molecule has 3 heterocycles. The molecule has 0 unspecified atom stereocenters. The first kappa shape index (κ1) is 28.0. The molecule has 3 aromatic carbocycles. The van der Waals surface area contributed by atoms with E-state index < -0.39 is 0 Å². The molecule has 9 nitrogen and oxygen atoms in total. The maximum Gasteiger partial charge on any atom is 0.251 e. The average molecular weight is 575 g/mol. The monoisotopic (exact) mass is 574 g/mol. The Morgan fingerprint density at radius 2 is 1.77 bits per heavy atom. The maximum absolute atomic E-state index is 13.1. The van der Waals surface area contributed by atoms with Crippen LogP contribution in [0.1, 0.15) is 28.8 Å². The van der Waals surface area contributed by atoms with Crippen molar-refractivity contribution in [3.63, 3.8) is 0 Å². The van der Waals surface area contributed by atoms with E-state index in [9.17, 15) is 4.79 Å². The standard InChI is InChI=1S/C34H34N6O3/c1-42-30-20-28(21-31(22-30)43-24-26-7-3-2-4-8-26)34(41)36-23-25-12-17-39(18-13-25)32-11-15-35-33(38-32)27-9-5-10-29(19-27)40-16-6-14-37-40/h2-11,14-16,19-22,25H,12-13,17-18,23-24H2,1H3,(H,36,41). The SMILES string of the molecule is COc1cc(OCc2ccccc2)cc(C(=O)NCC2CCN(c3ccnc(-c4cccc(-n5cccn5)c4)n3)CC2)c1. The van der Waals surface area contributed by atoms with Crippen LogP contribution >= 0.6 is 0 Å². The molecule has 1 amide bonds. The van der Waals surface area contributed by atoms with Gasteiger partial charge in [-0.1, -0.05) is 42.5 Å². The predicted molar refractivity (Wildman–Crippen MR) is 166 cm³/mol. The molecule has 1 saturated heterocycles. The van der Waals surface area contributed by atoms with Gasteiger partial charge in [-0.05, 0) is 60.7 Å². The molecule has 0 bridgehead atoms. The van der Waals surface area contributed by atoms with E-state index in [2.05, 4.69) is 20.3 Å². The van der Waals surface area contributed by atoms with Gasteiger partial charge >= 0.3 is 0 Å². The second-order valence-electron chi connectivity index (χ2n) is 10.6. The van der Waals surface area contributed by atoms with E-state index in [1.807, 2.05) is 83.8 Å². The lowest BCUT2D eigenvalue weighted by atomic mass is 9.96. The molecule has 6 rings (SSSR count). The summed E-state index contributed by atoms with van der Waals surface area (Å²) in [7, 11) is 1.59. The van der Waals surface area contributed by atoms with Crippen LogP contribution in [0.4, 0.5) is 5.82 Å². The number of nitrogens with zero attached hydrogens (tertiary/aromatic N) is 5. The molecule has 43 heavy (non-hydrogen) atoms. The number of nitrogens with one attached hydrogen (secondary N) is 1. The third kappa shape index (κ3) is 7.01. The molecule has 5 aromatic rings. The number of hydrogen-bond acceptors (Lipinski definition) is 7. The number of piperidine rings is 1.